The Bertz CT molecular complexity index is 758. The molecule has 0 radical (unpaired) electrons. The molecule has 25 heavy (non-hydrogen) atoms. The number of cyclic esters (lactones) is 1. The van der Waals surface area contributed by atoms with Crippen molar-refractivity contribution in [2.45, 2.75) is 12.7 Å². The van der Waals surface area contributed by atoms with E-state index in [1.165, 1.54) is 0 Å². The molecule has 0 aromatic heterocycles. The Morgan fingerprint density at radius 2 is 1.92 bits per heavy atom. The van der Waals surface area contributed by atoms with E-state index in [-0.39, 0.29) is 23.9 Å². The molecule has 5 nitrogen and oxygen atoms in total. The standard InChI is InChI=1S/C20H20O5/c1-22-18-9-14(19-15-11-25-20(21)16(15)12-24-19)7-8-17(18)23-10-13-5-3-2-4-6-13/h2-9,15-16,19H,10-12H2,1H3. The topological polar surface area (TPSA) is 54.0 Å². The van der Waals surface area contributed by atoms with E-state index >= 15 is 0 Å². The van der Waals surface area contributed by atoms with E-state index in [0.717, 1.165) is 11.1 Å². The van der Waals surface area contributed by atoms with E-state index in [1.54, 1.807) is 7.11 Å². The van der Waals surface area contributed by atoms with E-state index in [2.05, 4.69) is 0 Å². The third-order valence-corrected chi connectivity index (χ3v) is 4.84. The summed E-state index contributed by atoms with van der Waals surface area (Å²) in [6, 6.07) is 15.8. The highest BCUT2D eigenvalue weighted by atomic mass is 16.6. The highest BCUT2D eigenvalue weighted by Gasteiger charge is 2.48. The van der Waals surface area contributed by atoms with Crippen LogP contribution >= 0.6 is 0 Å². The van der Waals surface area contributed by atoms with Crippen molar-refractivity contribution in [2.24, 2.45) is 11.8 Å². The van der Waals surface area contributed by atoms with Gasteiger partial charge in [-0.25, -0.2) is 0 Å². The van der Waals surface area contributed by atoms with Crippen LogP contribution in [0, 0.1) is 11.8 Å². The van der Waals surface area contributed by atoms with Crippen LogP contribution in [0.25, 0.3) is 0 Å². The Labute approximate surface area is 146 Å². The summed E-state index contributed by atoms with van der Waals surface area (Å²) in [7, 11) is 1.62. The molecule has 2 heterocycles. The highest BCUT2D eigenvalue weighted by molar-refractivity contribution is 5.75. The molecule has 5 heteroatoms. The summed E-state index contributed by atoms with van der Waals surface area (Å²) < 4.78 is 22.4. The number of hydrogen-bond donors (Lipinski definition) is 0. The third kappa shape index (κ3) is 3.07. The molecule has 0 N–H and O–H groups in total. The lowest BCUT2D eigenvalue weighted by Gasteiger charge is -2.18. The molecule has 2 fully saturated rings. The number of methoxy groups -OCH3 is 1. The molecule has 3 atom stereocenters. The fourth-order valence-corrected chi connectivity index (χ4v) is 3.46. The molecule has 2 saturated heterocycles. The Balaban J connectivity index is 1.51. The number of benzene rings is 2. The normalized spacial score (nSPS) is 24.7. The second-order valence-corrected chi connectivity index (χ2v) is 6.34. The molecule has 0 aliphatic carbocycles. The molecule has 0 saturated carbocycles. The van der Waals surface area contributed by atoms with Gasteiger partial charge in [-0.1, -0.05) is 36.4 Å². The average Bonchev–Trinajstić information content (AvgIpc) is 3.24. The van der Waals surface area contributed by atoms with Gasteiger partial charge in [-0.15, -0.1) is 0 Å². The summed E-state index contributed by atoms with van der Waals surface area (Å²) in [4.78, 5) is 11.7. The Morgan fingerprint density at radius 3 is 2.72 bits per heavy atom. The number of hydrogen-bond acceptors (Lipinski definition) is 5. The molecule has 2 aromatic carbocycles. The number of ether oxygens (including phenoxy) is 4. The SMILES string of the molecule is COc1cc(C2OCC3C(=O)OCC32)ccc1OCc1ccccc1. The highest BCUT2D eigenvalue weighted by Crippen LogP contribution is 2.44. The van der Waals surface area contributed by atoms with Crippen molar-refractivity contribution < 1.29 is 23.7 Å². The van der Waals surface area contributed by atoms with Gasteiger partial charge in [0.05, 0.1) is 32.3 Å². The summed E-state index contributed by atoms with van der Waals surface area (Å²) in [5, 5.41) is 0. The molecule has 0 spiro atoms. The second-order valence-electron chi connectivity index (χ2n) is 6.34. The van der Waals surface area contributed by atoms with Crippen molar-refractivity contribution in [3.8, 4) is 11.5 Å². The van der Waals surface area contributed by atoms with Crippen molar-refractivity contribution in [2.75, 3.05) is 20.3 Å². The first kappa shape index (κ1) is 16.0. The first-order chi connectivity index (χ1) is 12.3. The van der Waals surface area contributed by atoms with Gasteiger partial charge in [0.25, 0.3) is 0 Å². The van der Waals surface area contributed by atoms with Crippen LogP contribution in [0.2, 0.25) is 0 Å². The molecule has 2 aliphatic rings. The number of fused-ring (bicyclic) bond motifs is 1. The van der Waals surface area contributed by atoms with Crippen molar-refractivity contribution in [3.05, 3.63) is 59.7 Å². The zero-order chi connectivity index (χ0) is 17.2. The van der Waals surface area contributed by atoms with Crippen molar-refractivity contribution in [3.63, 3.8) is 0 Å². The molecule has 0 amide bonds. The van der Waals surface area contributed by atoms with E-state index in [4.69, 9.17) is 18.9 Å². The Hall–Kier alpha value is -2.53. The molecular formula is C20H20O5. The number of esters is 1. The van der Waals surface area contributed by atoms with Crippen molar-refractivity contribution in [1.29, 1.82) is 0 Å². The molecule has 2 aromatic rings. The van der Waals surface area contributed by atoms with Crippen LogP contribution in [0.1, 0.15) is 17.2 Å². The van der Waals surface area contributed by atoms with Crippen LogP contribution in [-0.2, 0) is 20.9 Å². The quantitative estimate of drug-likeness (QED) is 0.783. The second kappa shape index (κ2) is 6.76. The minimum atomic E-state index is -0.151. The predicted octanol–water partition coefficient (Wildman–Crippen LogP) is 3.13. The number of carbonyl (C=O) groups excluding carboxylic acids is 1. The van der Waals surface area contributed by atoms with Gasteiger partial charge in [-0.2, -0.15) is 0 Å². The van der Waals surface area contributed by atoms with E-state index in [1.807, 2.05) is 48.5 Å². The maximum absolute atomic E-state index is 11.7. The summed E-state index contributed by atoms with van der Waals surface area (Å²) in [5.74, 6) is 1.12. The van der Waals surface area contributed by atoms with E-state index in [9.17, 15) is 4.79 Å². The number of rotatable bonds is 5. The third-order valence-electron chi connectivity index (χ3n) is 4.84. The molecule has 3 unspecified atom stereocenters. The smallest absolute Gasteiger partial charge is 0.311 e. The summed E-state index contributed by atoms with van der Waals surface area (Å²) >= 11 is 0. The van der Waals surface area contributed by atoms with Gasteiger partial charge in [0.15, 0.2) is 11.5 Å². The van der Waals surface area contributed by atoms with Crippen LogP contribution in [-0.4, -0.2) is 26.3 Å². The summed E-state index contributed by atoms with van der Waals surface area (Å²) in [6.45, 7) is 1.31. The van der Waals surface area contributed by atoms with Gasteiger partial charge in [0.1, 0.15) is 6.61 Å². The first-order valence-electron chi connectivity index (χ1n) is 8.39. The fourth-order valence-electron chi connectivity index (χ4n) is 3.46. The Morgan fingerprint density at radius 1 is 1.08 bits per heavy atom. The monoisotopic (exact) mass is 340 g/mol. The maximum atomic E-state index is 11.7. The Kier molecular flexibility index (Phi) is 4.32. The van der Waals surface area contributed by atoms with Gasteiger partial charge < -0.3 is 18.9 Å². The summed E-state index contributed by atoms with van der Waals surface area (Å²) in [5.41, 5.74) is 2.08. The van der Waals surface area contributed by atoms with Crippen molar-refractivity contribution in [1.82, 2.24) is 0 Å². The molecular weight excluding hydrogens is 320 g/mol. The summed E-state index contributed by atoms with van der Waals surface area (Å²) in [6.07, 6.45) is -0.145. The minimum absolute atomic E-state index is 0.0771. The minimum Gasteiger partial charge on any atom is -0.493 e. The lowest BCUT2D eigenvalue weighted by atomic mass is 9.90. The van der Waals surface area contributed by atoms with Gasteiger partial charge in [0, 0.05) is 5.92 Å². The van der Waals surface area contributed by atoms with Gasteiger partial charge in [0.2, 0.25) is 0 Å². The lowest BCUT2D eigenvalue weighted by molar-refractivity contribution is -0.142. The lowest BCUT2D eigenvalue weighted by Crippen LogP contribution is -2.14. The van der Waals surface area contributed by atoms with Gasteiger partial charge >= 0.3 is 5.97 Å². The van der Waals surface area contributed by atoms with Gasteiger partial charge in [-0.05, 0) is 23.3 Å². The van der Waals surface area contributed by atoms with Crippen LogP contribution in [0.15, 0.2) is 48.5 Å². The number of carbonyl (C=O) groups is 1. The molecule has 2 aliphatic heterocycles. The van der Waals surface area contributed by atoms with Crippen LogP contribution in [0.5, 0.6) is 11.5 Å². The van der Waals surface area contributed by atoms with Crippen LogP contribution in [0.4, 0.5) is 0 Å². The molecule has 0 bridgehead atoms. The zero-order valence-corrected chi connectivity index (χ0v) is 14.0. The fraction of sp³-hybridized carbons (Fsp3) is 0.350. The van der Waals surface area contributed by atoms with Crippen molar-refractivity contribution >= 4 is 5.97 Å². The zero-order valence-electron chi connectivity index (χ0n) is 14.0. The predicted molar refractivity (Wildman–Crippen MR) is 90.4 cm³/mol. The van der Waals surface area contributed by atoms with E-state index < -0.39 is 0 Å². The molecule has 130 valence electrons. The van der Waals surface area contributed by atoms with E-state index in [0.29, 0.717) is 31.3 Å². The molecule has 4 rings (SSSR count). The maximum Gasteiger partial charge on any atom is 0.311 e. The average molecular weight is 340 g/mol. The van der Waals surface area contributed by atoms with Crippen LogP contribution in [0.3, 0.4) is 0 Å². The first-order valence-corrected chi connectivity index (χ1v) is 8.39. The van der Waals surface area contributed by atoms with Crippen LogP contribution < -0.4 is 9.47 Å². The largest absolute Gasteiger partial charge is 0.493 e. The van der Waals surface area contributed by atoms with Gasteiger partial charge in [-0.3, -0.25) is 4.79 Å².